The maximum Gasteiger partial charge on any atom is 0.338 e. The minimum Gasteiger partial charge on any atom is -0.478 e. The van der Waals surface area contributed by atoms with Crippen molar-refractivity contribution in [3.63, 3.8) is 0 Å². The van der Waals surface area contributed by atoms with Gasteiger partial charge in [0.2, 0.25) is 0 Å². The Hall–Kier alpha value is -1.42. The standard InChI is InChI=1S/C15H20FNO2/c1-15(7-3-2-4-8-15)17-10-11-5-6-12(14(18)19)13(16)9-11/h5-6,9,17H,2-4,7-8,10H2,1H3,(H,18,19). The van der Waals surface area contributed by atoms with Gasteiger partial charge in [0.05, 0.1) is 5.56 Å². The van der Waals surface area contributed by atoms with E-state index in [0.29, 0.717) is 6.54 Å². The summed E-state index contributed by atoms with van der Waals surface area (Å²) in [6, 6.07) is 4.31. The molecule has 0 spiro atoms. The third-order valence-corrected chi connectivity index (χ3v) is 3.94. The van der Waals surface area contributed by atoms with Gasteiger partial charge in [0.1, 0.15) is 5.82 Å². The second-order valence-corrected chi connectivity index (χ2v) is 5.59. The molecule has 1 aromatic carbocycles. The van der Waals surface area contributed by atoms with Gasteiger partial charge in [-0.05, 0) is 37.5 Å². The molecular formula is C15H20FNO2. The number of hydrogen-bond acceptors (Lipinski definition) is 2. The van der Waals surface area contributed by atoms with Gasteiger partial charge in [0.15, 0.2) is 0 Å². The first-order chi connectivity index (χ1) is 9.00. The van der Waals surface area contributed by atoms with E-state index >= 15 is 0 Å². The normalized spacial score (nSPS) is 18.2. The lowest BCUT2D eigenvalue weighted by atomic mass is 9.83. The van der Waals surface area contributed by atoms with Crippen LogP contribution in [0.15, 0.2) is 18.2 Å². The Bertz CT molecular complexity index is 467. The van der Waals surface area contributed by atoms with Gasteiger partial charge in [-0.1, -0.05) is 25.3 Å². The molecule has 0 amide bonds. The van der Waals surface area contributed by atoms with E-state index in [1.54, 1.807) is 6.07 Å². The Morgan fingerprint density at radius 2 is 2.05 bits per heavy atom. The summed E-state index contributed by atoms with van der Waals surface area (Å²) in [4.78, 5) is 10.7. The SMILES string of the molecule is CC1(NCc2ccc(C(=O)O)c(F)c2)CCCCC1. The molecule has 0 atom stereocenters. The van der Waals surface area contributed by atoms with Crippen LogP contribution in [-0.2, 0) is 6.54 Å². The Morgan fingerprint density at radius 3 is 2.63 bits per heavy atom. The largest absolute Gasteiger partial charge is 0.478 e. The number of halogens is 1. The molecule has 4 heteroatoms. The molecular weight excluding hydrogens is 245 g/mol. The van der Waals surface area contributed by atoms with Crippen LogP contribution >= 0.6 is 0 Å². The first-order valence-electron chi connectivity index (χ1n) is 6.77. The van der Waals surface area contributed by atoms with Crippen LogP contribution < -0.4 is 5.32 Å². The highest BCUT2D eigenvalue weighted by molar-refractivity contribution is 5.87. The summed E-state index contributed by atoms with van der Waals surface area (Å²) in [5.74, 6) is -1.89. The van der Waals surface area contributed by atoms with Gasteiger partial charge >= 0.3 is 5.97 Å². The molecule has 2 N–H and O–H groups in total. The highest BCUT2D eigenvalue weighted by Gasteiger charge is 2.25. The number of aromatic carboxylic acids is 1. The van der Waals surface area contributed by atoms with Gasteiger partial charge in [-0.2, -0.15) is 0 Å². The summed E-state index contributed by atoms with van der Waals surface area (Å²) in [5, 5.41) is 12.3. The molecule has 0 aliphatic heterocycles. The molecule has 1 aliphatic carbocycles. The Morgan fingerprint density at radius 1 is 1.37 bits per heavy atom. The number of rotatable bonds is 4. The third-order valence-electron chi connectivity index (χ3n) is 3.94. The van der Waals surface area contributed by atoms with Crippen LogP contribution in [0.2, 0.25) is 0 Å². The Balaban J connectivity index is 2.00. The smallest absolute Gasteiger partial charge is 0.338 e. The fourth-order valence-electron chi connectivity index (χ4n) is 2.67. The van der Waals surface area contributed by atoms with Crippen molar-refractivity contribution in [1.29, 1.82) is 0 Å². The van der Waals surface area contributed by atoms with Crippen LogP contribution in [0.3, 0.4) is 0 Å². The predicted octanol–water partition coefficient (Wildman–Crippen LogP) is 3.34. The van der Waals surface area contributed by atoms with Crippen molar-refractivity contribution in [2.24, 2.45) is 0 Å². The van der Waals surface area contributed by atoms with Crippen LogP contribution in [0, 0.1) is 5.82 Å². The fraction of sp³-hybridized carbons (Fsp3) is 0.533. The van der Waals surface area contributed by atoms with Gasteiger partial charge in [0.25, 0.3) is 0 Å². The summed E-state index contributed by atoms with van der Waals surface area (Å²) >= 11 is 0. The predicted molar refractivity (Wildman–Crippen MR) is 71.7 cm³/mol. The monoisotopic (exact) mass is 265 g/mol. The molecule has 0 saturated heterocycles. The maximum absolute atomic E-state index is 13.6. The van der Waals surface area contributed by atoms with Crippen molar-refractivity contribution in [1.82, 2.24) is 5.32 Å². The molecule has 104 valence electrons. The van der Waals surface area contributed by atoms with E-state index < -0.39 is 11.8 Å². The molecule has 3 nitrogen and oxygen atoms in total. The zero-order valence-corrected chi connectivity index (χ0v) is 11.2. The molecule has 0 heterocycles. The highest BCUT2D eigenvalue weighted by Crippen LogP contribution is 2.27. The van der Waals surface area contributed by atoms with E-state index in [0.717, 1.165) is 18.4 Å². The quantitative estimate of drug-likeness (QED) is 0.877. The number of hydrogen-bond donors (Lipinski definition) is 2. The molecule has 1 aromatic rings. The third kappa shape index (κ3) is 3.53. The molecule has 0 radical (unpaired) electrons. The van der Waals surface area contributed by atoms with Gasteiger partial charge in [-0.3, -0.25) is 0 Å². The highest BCUT2D eigenvalue weighted by atomic mass is 19.1. The van der Waals surface area contributed by atoms with Crippen molar-refractivity contribution >= 4 is 5.97 Å². The zero-order chi connectivity index (χ0) is 13.9. The average molecular weight is 265 g/mol. The molecule has 1 saturated carbocycles. The lowest BCUT2D eigenvalue weighted by Crippen LogP contribution is -2.43. The van der Waals surface area contributed by atoms with Crippen molar-refractivity contribution < 1.29 is 14.3 Å². The van der Waals surface area contributed by atoms with Crippen LogP contribution in [0.25, 0.3) is 0 Å². The summed E-state index contributed by atoms with van der Waals surface area (Å²) in [5.41, 5.74) is 0.641. The first-order valence-corrected chi connectivity index (χ1v) is 6.77. The minimum absolute atomic E-state index is 0.125. The maximum atomic E-state index is 13.6. The van der Waals surface area contributed by atoms with Gasteiger partial charge in [-0.15, -0.1) is 0 Å². The lowest BCUT2D eigenvalue weighted by Gasteiger charge is -2.34. The second kappa shape index (κ2) is 5.70. The first kappa shape index (κ1) is 14.0. The molecule has 0 bridgehead atoms. The van der Waals surface area contributed by atoms with Gasteiger partial charge in [-0.25, -0.2) is 9.18 Å². The molecule has 0 aromatic heterocycles. The number of carboxylic acids is 1. The Labute approximate surface area is 112 Å². The topological polar surface area (TPSA) is 49.3 Å². The minimum atomic E-state index is -1.23. The van der Waals surface area contributed by atoms with Crippen molar-refractivity contribution in [2.75, 3.05) is 0 Å². The summed E-state index contributed by atoms with van der Waals surface area (Å²) < 4.78 is 13.6. The van der Waals surface area contributed by atoms with Crippen molar-refractivity contribution in [2.45, 2.75) is 51.1 Å². The van der Waals surface area contributed by atoms with E-state index in [2.05, 4.69) is 12.2 Å². The molecule has 0 unspecified atom stereocenters. The van der Waals surface area contributed by atoms with Crippen LogP contribution in [-0.4, -0.2) is 16.6 Å². The van der Waals surface area contributed by atoms with E-state index in [1.807, 2.05) is 0 Å². The number of benzene rings is 1. The summed E-state index contributed by atoms with van der Waals surface area (Å²) in [6.45, 7) is 2.78. The Kier molecular flexibility index (Phi) is 4.20. The lowest BCUT2D eigenvalue weighted by molar-refractivity contribution is 0.0692. The number of nitrogens with one attached hydrogen (secondary N) is 1. The number of carbonyl (C=O) groups is 1. The van der Waals surface area contributed by atoms with Gasteiger partial charge in [0, 0.05) is 12.1 Å². The second-order valence-electron chi connectivity index (χ2n) is 5.59. The van der Waals surface area contributed by atoms with Crippen molar-refractivity contribution in [3.8, 4) is 0 Å². The molecule has 1 aliphatic rings. The molecule has 2 rings (SSSR count). The van der Waals surface area contributed by atoms with E-state index in [-0.39, 0.29) is 11.1 Å². The summed E-state index contributed by atoms with van der Waals surface area (Å²) in [7, 11) is 0. The van der Waals surface area contributed by atoms with Crippen LogP contribution in [0.5, 0.6) is 0 Å². The van der Waals surface area contributed by atoms with E-state index in [9.17, 15) is 9.18 Å². The van der Waals surface area contributed by atoms with Crippen LogP contribution in [0.1, 0.15) is 54.9 Å². The number of carboxylic acid groups (broad SMARTS) is 1. The van der Waals surface area contributed by atoms with E-state index in [4.69, 9.17) is 5.11 Å². The van der Waals surface area contributed by atoms with Crippen LogP contribution in [0.4, 0.5) is 4.39 Å². The molecule has 19 heavy (non-hydrogen) atoms. The fourth-order valence-corrected chi connectivity index (χ4v) is 2.67. The zero-order valence-electron chi connectivity index (χ0n) is 11.2. The van der Waals surface area contributed by atoms with Crippen molar-refractivity contribution in [3.05, 3.63) is 35.1 Å². The summed E-state index contributed by atoms with van der Waals surface area (Å²) in [6.07, 6.45) is 6.04. The average Bonchev–Trinajstić information content (AvgIpc) is 2.37. The molecule has 1 fully saturated rings. The van der Waals surface area contributed by atoms with E-state index in [1.165, 1.54) is 31.4 Å². The van der Waals surface area contributed by atoms with Gasteiger partial charge < -0.3 is 10.4 Å².